The van der Waals surface area contributed by atoms with Crippen LogP contribution in [0, 0.1) is 0 Å². The summed E-state index contributed by atoms with van der Waals surface area (Å²) >= 11 is 0. The molecule has 0 aliphatic carbocycles. The van der Waals surface area contributed by atoms with Gasteiger partial charge in [-0.15, -0.1) is 4.28 Å². The maximum Gasteiger partial charge on any atom is 0.418 e. The van der Waals surface area contributed by atoms with Crippen LogP contribution in [0.25, 0.3) is 0 Å². The number of carbonyl (C=O) groups excluding carboxylic acids is 2. The van der Waals surface area contributed by atoms with E-state index in [0.717, 1.165) is 39.1 Å². The largest absolute Gasteiger partial charge is 0.418 e. The van der Waals surface area contributed by atoms with Crippen molar-refractivity contribution < 1.29 is 31.7 Å². The zero-order valence-corrected chi connectivity index (χ0v) is 18.3. The van der Waals surface area contributed by atoms with Crippen molar-refractivity contribution in [3.8, 4) is 0 Å². The lowest BCUT2D eigenvalue weighted by Gasteiger charge is -2.36. The molecule has 0 aromatic carbocycles. The highest BCUT2D eigenvalue weighted by molar-refractivity contribution is 7.80. The van der Waals surface area contributed by atoms with Crippen LogP contribution in [0.15, 0.2) is 0 Å². The van der Waals surface area contributed by atoms with Crippen molar-refractivity contribution in [2.24, 2.45) is 0 Å². The fourth-order valence-electron chi connectivity index (χ4n) is 4.78. The third kappa shape index (κ3) is 5.27. The summed E-state index contributed by atoms with van der Waals surface area (Å²) in [7, 11) is -2.69. The van der Waals surface area contributed by atoms with E-state index in [9.17, 15) is 18.0 Å². The van der Waals surface area contributed by atoms with Crippen LogP contribution >= 0.6 is 0 Å². The summed E-state index contributed by atoms with van der Waals surface area (Å²) < 4.78 is 35.1. The van der Waals surface area contributed by atoms with Crippen LogP contribution in [0.2, 0.25) is 0 Å². The van der Waals surface area contributed by atoms with E-state index in [-0.39, 0.29) is 12.6 Å². The van der Waals surface area contributed by atoms with E-state index in [1.165, 1.54) is 4.90 Å². The van der Waals surface area contributed by atoms with E-state index in [4.69, 9.17) is 9.39 Å². The second kappa shape index (κ2) is 9.13. The van der Waals surface area contributed by atoms with Crippen molar-refractivity contribution in [3.63, 3.8) is 0 Å². The Kier molecular flexibility index (Phi) is 6.67. The van der Waals surface area contributed by atoms with E-state index >= 15 is 0 Å². The highest BCUT2D eigenvalue weighted by atomic mass is 32.3. The lowest BCUT2D eigenvalue weighted by molar-refractivity contribution is -0.139. The molecule has 3 N–H and O–H groups in total. The van der Waals surface area contributed by atoms with E-state index < -0.39 is 34.4 Å². The van der Waals surface area contributed by atoms with Crippen LogP contribution in [-0.4, -0.2) is 122 Å². The topological polar surface area (TPSA) is 144 Å². The lowest BCUT2D eigenvalue weighted by Crippen LogP contribution is -2.50. The number of hydrogen-bond donors (Lipinski definition) is 3. The molecule has 4 aliphatic heterocycles. The molecule has 0 spiro atoms. The second-order valence-corrected chi connectivity index (χ2v) is 9.63. The number of piperidine rings is 1. The molecular formula is C17H30N6O7S. The van der Waals surface area contributed by atoms with Crippen LogP contribution in [0.3, 0.4) is 0 Å². The third-order valence-electron chi connectivity index (χ3n) is 6.51. The first-order valence-corrected chi connectivity index (χ1v) is 11.9. The fourth-order valence-corrected chi connectivity index (χ4v) is 5.16. The first-order chi connectivity index (χ1) is 14.7. The Balaban J connectivity index is 1.21. The van der Waals surface area contributed by atoms with Crippen molar-refractivity contribution in [1.29, 1.82) is 0 Å². The molecule has 13 nitrogen and oxygen atoms in total. The molecule has 4 saturated heterocycles. The summed E-state index contributed by atoms with van der Waals surface area (Å²) in [5.74, 6) is -0.464. The maximum atomic E-state index is 12.5. The fraction of sp³-hybridized carbons (Fsp3) is 0.882. The van der Waals surface area contributed by atoms with Gasteiger partial charge >= 0.3 is 16.4 Å². The van der Waals surface area contributed by atoms with Gasteiger partial charge in [0, 0.05) is 51.4 Å². The lowest BCUT2D eigenvalue weighted by atomic mass is 10.0. The number of rotatable bonds is 7. The number of hydrogen-bond acceptors (Lipinski definition) is 9. The molecule has 14 heteroatoms. The summed E-state index contributed by atoms with van der Waals surface area (Å²) in [5.41, 5.74) is 2.43. The van der Waals surface area contributed by atoms with Crippen LogP contribution in [0.4, 0.5) is 4.79 Å². The van der Waals surface area contributed by atoms with E-state index in [1.54, 1.807) is 0 Å². The van der Waals surface area contributed by atoms with Gasteiger partial charge in [-0.3, -0.25) is 19.1 Å². The molecule has 0 unspecified atom stereocenters. The average Bonchev–Trinajstić information content (AvgIpc) is 3.27. The van der Waals surface area contributed by atoms with Crippen LogP contribution in [-0.2, 0) is 24.3 Å². The van der Waals surface area contributed by atoms with Gasteiger partial charge in [-0.05, 0) is 26.3 Å². The molecule has 0 aromatic rings. The number of amides is 3. The van der Waals surface area contributed by atoms with Crippen molar-refractivity contribution >= 4 is 22.3 Å². The zero-order chi connectivity index (χ0) is 22.2. The van der Waals surface area contributed by atoms with Crippen LogP contribution in [0.5, 0.6) is 0 Å². The minimum absolute atomic E-state index is 0.132. The summed E-state index contributed by atoms with van der Waals surface area (Å²) in [6.45, 7) is 5.59. The Bertz CT molecular complexity index is 790. The molecule has 31 heavy (non-hydrogen) atoms. The van der Waals surface area contributed by atoms with Gasteiger partial charge in [0.15, 0.2) is 0 Å². The highest BCUT2D eigenvalue weighted by Gasteiger charge is 2.49. The molecule has 0 saturated carbocycles. The summed E-state index contributed by atoms with van der Waals surface area (Å²) in [5, 5.41) is 4.05. The number of piperazine rings is 1. The number of hydroxylamine groups is 3. The predicted molar refractivity (Wildman–Crippen MR) is 107 cm³/mol. The average molecular weight is 463 g/mol. The van der Waals surface area contributed by atoms with Crippen molar-refractivity contribution in [2.75, 3.05) is 52.9 Å². The summed E-state index contributed by atoms with van der Waals surface area (Å²) in [4.78, 5) is 36.4. The zero-order valence-electron chi connectivity index (χ0n) is 17.5. The molecule has 0 aromatic heterocycles. The Morgan fingerprint density at radius 3 is 2.68 bits per heavy atom. The number of urea groups is 1. The SMILES string of the molecule is CN1CCN([C@H]2CN[C@@H](CONC(=O)[C@@H]3CC[C@@H]4CN3C(=O)N4OS(=O)(=O)O)C2)CC1. The van der Waals surface area contributed by atoms with Crippen molar-refractivity contribution in [3.05, 3.63) is 0 Å². The molecule has 4 heterocycles. The van der Waals surface area contributed by atoms with Gasteiger partial charge in [-0.25, -0.2) is 10.3 Å². The van der Waals surface area contributed by atoms with Gasteiger partial charge in [-0.1, -0.05) is 0 Å². The Hall–Kier alpha value is -1.55. The third-order valence-corrected chi connectivity index (χ3v) is 6.86. The molecular weight excluding hydrogens is 432 g/mol. The Labute approximate surface area is 181 Å². The quantitative estimate of drug-likeness (QED) is 0.287. The second-order valence-electron chi connectivity index (χ2n) is 8.62. The van der Waals surface area contributed by atoms with E-state index in [0.29, 0.717) is 30.6 Å². The van der Waals surface area contributed by atoms with E-state index in [2.05, 4.69) is 31.9 Å². The van der Waals surface area contributed by atoms with Gasteiger partial charge in [0.2, 0.25) is 0 Å². The Morgan fingerprint density at radius 2 is 1.97 bits per heavy atom. The van der Waals surface area contributed by atoms with Gasteiger partial charge in [0.25, 0.3) is 5.91 Å². The van der Waals surface area contributed by atoms with Crippen LogP contribution < -0.4 is 10.8 Å². The van der Waals surface area contributed by atoms with Crippen LogP contribution in [0.1, 0.15) is 19.3 Å². The smallest absolute Gasteiger partial charge is 0.310 e. The molecule has 4 atom stereocenters. The molecule has 4 aliphatic rings. The number of nitrogens with zero attached hydrogens (tertiary/aromatic N) is 4. The molecule has 2 bridgehead atoms. The first-order valence-electron chi connectivity index (χ1n) is 10.6. The summed E-state index contributed by atoms with van der Waals surface area (Å²) in [6, 6.07) is -1.49. The van der Waals surface area contributed by atoms with Gasteiger partial charge in [-0.2, -0.15) is 13.5 Å². The Morgan fingerprint density at radius 1 is 1.23 bits per heavy atom. The number of fused-ring (bicyclic) bond motifs is 2. The molecule has 4 rings (SSSR count). The number of nitrogens with one attached hydrogen (secondary N) is 2. The first kappa shape index (κ1) is 22.6. The standard InChI is InChI=1S/C17H30N6O7S/c1-20-4-6-21(7-5-20)14-8-12(18-9-14)11-29-19-16(24)15-3-2-13-10-22(15)17(25)23(13)30-31(26,27)28/h12-15,18H,2-11H2,1H3,(H,19,24)(H,26,27,28)/t12-,13-,14-,15+/m1/s1. The van der Waals surface area contributed by atoms with Crippen molar-refractivity contribution in [2.45, 2.75) is 43.4 Å². The van der Waals surface area contributed by atoms with E-state index in [1.807, 2.05) is 0 Å². The van der Waals surface area contributed by atoms with Gasteiger partial charge in [0.05, 0.1) is 12.6 Å². The number of carbonyl (C=O) groups is 2. The maximum absolute atomic E-state index is 12.5. The predicted octanol–water partition coefficient (Wildman–Crippen LogP) is -1.98. The van der Waals surface area contributed by atoms with Gasteiger partial charge < -0.3 is 15.1 Å². The molecule has 0 radical (unpaired) electrons. The molecule has 4 fully saturated rings. The monoisotopic (exact) mass is 462 g/mol. The number of likely N-dealkylation sites (N-methyl/N-ethyl adjacent to an activating group) is 1. The van der Waals surface area contributed by atoms with Crippen molar-refractivity contribution in [1.82, 2.24) is 30.6 Å². The highest BCUT2D eigenvalue weighted by Crippen LogP contribution is 2.30. The molecule has 3 amide bonds. The normalized spacial score (nSPS) is 32.6. The summed E-state index contributed by atoms with van der Waals surface area (Å²) in [6.07, 6.45) is 1.65. The molecule has 176 valence electrons. The minimum atomic E-state index is -4.82. The minimum Gasteiger partial charge on any atom is -0.310 e. The van der Waals surface area contributed by atoms with Gasteiger partial charge in [0.1, 0.15) is 6.04 Å².